The molecule has 0 saturated carbocycles. The fraction of sp³-hybridized carbons (Fsp3) is 0.188. The third-order valence-corrected chi connectivity index (χ3v) is 4.64. The van der Waals surface area contributed by atoms with Crippen molar-refractivity contribution in [2.45, 2.75) is 6.67 Å². The third kappa shape index (κ3) is 2.47. The maximum absolute atomic E-state index is 6.75. The average Bonchev–Trinajstić information content (AvgIpc) is 2.90. The number of hydrogen-bond acceptors (Lipinski definition) is 2. The Hall–Kier alpha value is -1.42. The average molecular weight is 340 g/mol. The second-order valence-electron chi connectivity index (χ2n) is 5.43. The van der Waals surface area contributed by atoms with Crippen LogP contribution in [0.4, 0.5) is 0 Å². The van der Waals surface area contributed by atoms with Gasteiger partial charge in [0.25, 0.3) is 0 Å². The van der Waals surface area contributed by atoms with Gasteiger partial charge in [0.05, 0.1) is 0 Å². The first-order valence-electron chi connectivity index (χ1n) is 7.53. The Morgan fingerprint density at radius 2 is 2.13 bits per heavy atom. The zero-order valence-corrected chi connectivity index (χ0v) is 13.9. The summed E-state index contributed by atoms with van der Waals surface area (Å²) in [4.78, 5) is 4.86. The van der Waals surface area contributed by atoms with Crippen molar-refractivity contribution in [1.29, 1.82) is 0 Å². The second-order valence-corrected chi connectivity index (χ2v) is 6.19. The molecule has 0 aliphatic carbocycles. The van der Waals surface area contributed by atoms with Crippen LogP contribution in [0.15, 0.2) is 36.1 Å². The number of fused-ring (bicyclic) bond motifs is 4. The molecule has 0 atom stereocenters. The van der Waals surface area contributed by atoms with Crippen molar-refractivity contribution in [3.05, 3.63) is 41.1 Å². The van der Waals surface area contributed by atoms with E-state index in [4.69, 9.17) is 28.2 Å². The van der Waals surface area contributed by atoms with Crippen LogP contribution in [0, 0.1) is 0 Å². The Kier molecular flexibility index (Phi) is 4.10. The monoisotopic (exact) mass is 339 g/mol. The molecule has 0 unspecified atom stereocenters. The number of rotatable bonds is 4. The molecule has 23 heavy (non-hydrogen) atoms. The van der Waals surface area contributed by atoms with E-state index in [0.717, 1.165) is 44.3 Å². The number of nitrogens with one attached hydrogen (secondary N) is 1. The zero-order chi connectivity index (χ0) is 15.8. The van der Waals surface area contributed by atoms with Crippen LogP contribution in [-0.4, -0.2) is 35.8 Å². The topological polar surface area (TPSA) is 29.9 Å². The Labute approximate surface area is 145 Å². The second kappa shape index (κ2) is 6.23. The Balaban J connectivity index is 2.09. The van der Waals surface area contributed by atoms with Gasteiger partial charge in [-0.2, -0.15) is 0 Å². The van der Waals surface area contributed by atoms with E-state index >= 15 is 0 Å². The first kappa shape index (κ1) is 15.1. The minimum absolute atomic E-state index is 0.575. The summed E-state index contributed by atoms with van der Waals surface area (Å²) in [6, 6.07) is 6.13. The van der Waals surface area contributed by atoms with Crippen molar-refractivity contribution in [1.82, 2.24) is 14.9 Å². The summed E-state index contributed by atoms with van der Waals surface area (Å²) in [7, 11) is 0. The molecular weight excluding hydrogens is 327 g/mol. The number of nitrogens with zero attached hydrogens (tertiary/aromatic N) is 2. The van der Waals surface area contributed by atoms with E-state index in [1.807, 2.05) is 36.9 Å². The molecule has 0 aliphatic rings. The van der Waals surface area contributed by atoms with E-state index in [1.165, 1.54) is 0 Å². The summed E-state index contributed by atoms with van der Waals surface area (Å²) < 4.78 is 2.18. The van der Waals surface area contributed by atoms with E-state index in [0.29, 0.717) is 12.5 Å². The van der Waals surface area contributed by atoms with Crippen LogP contribution in [0.5, 0.6) is 0 Å². The first-order valence-corrected chi connectivity index (χ1v) is 8.44. The molecule has 0 aromatic carbocycles. The van der Waals surface area contributed by atoms with E-state index in [-0.39, 0.29) is 0 Å². The van der Waals surface area contributed by atoms with Gasteiger partial charge in [0.2, 0.25) is 0 Å². The van der Waals surface area contributed by atoms with Gasteiger partial charge in [0.1, 0.15) is 0 Å². The van der Waals surface area contributed by atoms with Gasteiger partial charge >= 0.3 is 145 Å². The third-order valence-electron chi connectivity index (χ3n) is 4.07. The fourth-order valence-electron chi connectivity index (χ4n) is 3.05. The van der Waals surface area contributed by atoms with Crippen LogP contribution in [0.2, 0.25) is 5.02 Å². The molecule has 0 amide bonds. The quantitative estimate of drug-likeness (QED) is 0.456. The van der Waals surface area contributed by atoms with Gasteiger partial charge in [-0.1, -0.05) is 0 Å². The molecule has 0 bridgehead atoms. The van der Waals surface area contributed by atoms with Gasteiger partial charge < -0.3 is 0 Å². The summed E-state index contributed by atoms with van der Waals surface area (Å²) in [6.07, 6.45) is 0. The van der Waals surface area contributed by atoms with Gasteiger partial charge in [-0.25, -0.2) is 0 Å². The molecule has 3 nitrogen and oxygen atoms in total. The van der Waals surface area contributed by atoms with E-state index < -0.39 is 0 Å². The summed E-state index contributed by atoms with van der Waals surface area (Å²) in [6.45, 7) is 5.48. The molecule has 4 rings (SSSR count). The molecule has 0 aliphatic heterocycles. The summed E-state index contributed by atoms with van der Waals surface area (Å²) in [5, 5.41) is 6.18. The molecule has 4 aromatic rings. The van der Waals surface area contributed by atoms with Crippen LogP contribution >= 0.6 is 23.2 Å². The molecule has 4 aromatic heterocycles. The van der Waals surface area contributed by atoms with Gasteiger partial charge in [0.15, 0.2) is 0 Å². The molecule has 0 radical (unpaired) electrons. The van der Waals surface area contributed by atoms with E-state index in [1.54, 1.807) is 0 Å². The first-order chi connectivity index (χ1) is 11.3. The Bertz CT molecular complexity index is 1020. The summed E-state index contributed by atoms with van der Waals surface area (Å²) in [5.74, 6) is 6.60. The molecule has 0 spiro atoms. The van der Waals surface area contributed by atoms with Crippen molar-refractivity contribution in [3.8, 4) is 0 Å². The Morgan fingerprint density at radius 3 is 3.00 bits per heavy atom. The van der Waals surface area contributed by atoms with Gasteiger partial charge in [-0.05, 0) is 0 Å². The fourth-order valence-corrected chi connectivity index (χ4v) is 3.53. The van der Waals surface area contributed by atoms with Gasteiger partial charge in [-0.3, -0.25) is 0 Å². The van der Waals surface area contributed by atoms with Crippen LogP contribution in [0.3, 0.4) is 0 Å². The number of hydrogen-bond donors (Lipinski definition) is 1. The summed E-state index contributed by atoms with van der Waals surface area (Å²) >= 11 is 12.5. The molecule has 7 heteroatoms. The maximum atomic E-state index is 6.75. The Morgan fingerprint density at radius 1 is 1.22 bits per heavy atom. The molecule has 0 saturated heterocycles. The number of pyridine rings is 1. The van der Waals surface area contributed by atoms with Crippen LogP contribution in [0.25, 0.3) is 32.7 Å². The van der Waals surface area contributed by atoms with Crippen LogP contribution in [0.1, 0.15) is 0 Å². The molecule has 4 heterocycles. The number of alkyl halides is 1. The number of halogens is 2. The van der Waals surface area contributed by atoms with Crippen LogP contribution < -0.4 is 5.32 Å². The SMILES string of the molecule is ClCCNCn1c2bcccc2c2nc3cbccc3c(Cl)c21. The summed E-state index contributed by atoms with van der Waals surface area (Å²) in [5.41, 5.74) is 3.95. The van der Waals surface area contributed by atoms with Crippen molar-refractivity contribution in [3.63, 3.8) is 0 Å². The number of aromatic nitrogens is 2. The predicted molar refractivity (Wildman–Crippen MR) is 101 cm³/mol. The standard InChI is InChI=1S/C16H13B2Cl2N3/c19-6-7-21-9-23-15-13(20)10-3-5-17-8-12(10)22-14(15)11-2-1-4-18-16(11)23/h1-5,8,21H,6-7,9H2. The van der Waals surface area contributed by atoms with Gasteiger partial charge in [0, 0.05) is 0 Å². The van der Waals surface area contributed by atoms with Gasteiger partial charge in [-0.15, -0.1) is 0 Å². The normalized spacial score (nSPS) is 11.4. The minimum atomic E-state index is 0.575. The van der Waals surface area contributed by atoms with E-state index in [2.05, 4.69) is 22.9 Å². The predicted octanol–water partition coefficient (Wildman–Crippen LogP) is 3.46. The molecule has 0 fully saturated rings. The van der Waals surface area contributed by atoms with Crippen molar-refractivity contribution in [2.24, 2.45) is 0 Å². The van der Waals surface area contributed by atoms with Crippen molar-refractivity contribution in [2.75, 3.05) is 12.4 Å². The zero-order valence-electron chi connectivity index (χ0n) is 12.4. The van der Waals surface area contributed by atoms with Crippen molar-refractivity contribution >= 4 is 69.8 Å². The van der Waals surface area contributed by atoms with E-state index in [9.17, 15) is 0 Å². The molecule has 112 valence electrons. The molecular formula is C16H13B2Cl2N3. The van der Waals surface area contributed by atoms with Crippen LogP contribution in [-0.2, 0) is 6.67 Å². The van der Waals surface area contributed by atoms with Crippen molar-refractivity contribution < 1.29 is 0 Å². The molecule has 1 N–H and O–H groups in total.